The van der Waals surface area contributed by atoms with Crippen LogP contribution in [0.15, 0.2) is 28.2 Å². The van der Waals surface area contributed by atoms with Gasteiger partial charge in [0.2, 0.25) is 5.91 Å². The van der Waals surface area contributed by atoms with Crippen LogP contribution in [0.4, 0.5) is 10.1 Å². The van der Waals surface area contributed by atoms with E-state index in [0.29, 0.717) is 37.2 Å². The van der Waals surface area contributed by atoms with Crippen molar-refractivity contribution in [2.75, 3.05) is 29.7 Å². The molecule has 0 aromatic heterocycles. The number of halogens is 3. The van der Waals surface area contributed by atoms with Gasteiger partial charge in [-0.3, -0.25) is 14.4 Å². The molecule has 1 aliphatic carbocycles. The van der Waals surface area contributed by atoms with E-state index in [1.165, 1.54) is 6.07 Å². The summed E-state index contributed by atoms with van der Waals surface area (Å²) in [6.07, 6.45) is 5.00. The number of alkyl halides is 1. The van der Waals surface area contributed by atoms with Gasteiger partial charge in [0, 0.05) is 16.0 Å². The van der Waals surface area contributed by atoms with Crippen LogP contribution in [0.3, 0.4) is 0 Å². The minimum absolute atomic E-state index is 0.00963. The molecule has 11 heteroatoms. The van der Waals surface area contributed by atoms with Gasteiger partial charge in [-0.15, -0.1) is 23.4 Å². The lowest BCUT2D eigenvalue weighted by Crippen LogP contribution is -2.40. The topological polar surface area (TPSA) is 90.0 Å². The Morgan fingerprint density at radius 1 is 1.00 bits per heavy atom. The van der Waals surface area contributed by atoms with Crippen molar-refractivity contribution in [2.24, 2.45) is 0 Å². The molecule has 0 saturated heterocycles. The number of amides is 2. The molecule has 0 aliphatic heterocycles. The molecule has 0 radical (unpaired) electrons. The highest BCUT2D eigenvalue weighted by molar-refractivity contribution is 8.00. The number of imide groups is 1. The quantitative estimate of drug-likeness (QED) is 0.119. The first-order valence-electron chi connectivity index (χ1n) is 12.3. The molecule has 7 nitrogen and oxygen atoms in total. The number of rotatable bonds is 13. The SMILES string of the molecule is CCCCOC(=O)CSc1cc(N(C(=O)CCl)C(=O)C2=C(C(=O)OCCCC)CCCC2)c(F)cc1Cl. The van der Waals surface area contributed by atoms with Crippen molar-refractivity contribution < 1.29 is 33.0 Å². The van der Waals surface area contributed by atoms with Crippen molar-refractivity contribution in [2.45, 2.75) is 70.1 Å². The maximum atomic E-state index is 15.1. The first-order chi connectivity index (χ1) is 17.7. The summed E-state index contributed by atoms with van der Waals surface area (Å²) < 4.78 is 25.5. The van der Waals surface area contributed by atoms with Crippen LogP contribution in [0.5, 0.6) is 0 Å². The molecule has 0 fully saturated rings. The van der Waals surface area contributed by atoms with Crippen LogP contribution >= 0.6 is 35.0 Å². The Balaban J connectivity index is 2.39. The molecule has 1 aliphatic rings. The number of anilines is 1. The summed E-state index contributed by atoms with van der Waals surface area (Å²) in [6, 6.07) is 2.20. The van der Waals surface area contributed by atoms with Gasteiger partial charge in [0.15, 0.2) is 0 Å². The second kappa shape index (κ2) is 16.0. The van der Waals surface area contributed by atoms with Gasteiger partial charge in [0.25, 0.3) is 5.91 Å². The summed E-state index contributed by atoms with van der Waals surface area (Å²) in [6.45, 7) is 4.45. The van der Waals surface area contributed by atoms with Crippen molar-refractivity contribution in [3.63, 3.8) is 0 Å². The summed E-state index contributed by atoms with van der Waals surface area (Å²) in [7, 11) is 0. The number of carbonyl (C=O) groups excluding carboxylic acids is 4. The number of benzene rings is 1. The Hall–Kier alpha value is -2.10. The highest BCUT2D eigenvalue weighted by atomic mass is 35.5. The molecule has 1 aromatic rings. The van der Waals surface area contributed by atoms with Crippen molar-refractivity contribution in [3.05, 3.63) is 34.1 Å². The van der Waals surface area contributed by atoms with Crippen LogP contribution in [0, 0.1) is 5.82 Å². The molecular formula is C26H32Cl2FNO6S. The van der Waals surface area contributed by atoms with Crippen LogP contribution < -0.4 is 4.90 Å². The third kappa shape index (κ3) is 9.00. The number of unbranched alkanes of at least 4 members (excludes halogenated alkanes) is 2. The molecule has 1 aromatic carbocycles. The smallest absolute Gasteiger partial charge is 0.334 e. The monoisotopic (exact) mass is 575 g/mol. The Labute approximate surface area is 231 Å². The van der Waals surface area contributed by atoms with E-state index in [9.17, 15) is 19.2 Å². The maximum Gasteiger partial charge on any atom is 0.334 e. The summed E-state index contributed by atoms with van der Waals surface area (Å²) in [5.41, 5.74) is -0.0635. The van der Waals surface area contributed by atoms with Gasteiger partial charge in [-0.05, 0) is 50.7 Å². The number of hydrogen-bond acceptors (Lipinski definition) is 7. The highest BCUT2D eigenvalue weighted by Crippen LogP contribution is 2.36. The Morgan fingerprint density at radius 3 is 2.24 bits per heavy atom. The lowest BCUT2D eigenvalue weighted by atomic mass is 9.90. The summed E-state index contributed by atoms with van der Waals surface area (Å²) in [4.78, 5) is 52.0. The lowest BCUT2D eigenvalue weighted by molar-refractivity contribution is -0.141. The van der Waals surface area contributed by atoms with E-state index in [2.05, 4.69) is 0 Å². The molecular weight excluding hydrogens is 544 g/mol. The molecule has 0 spiro atoms. The van der Waals surface area contributed by atoms with E-state index in [4.69, 9.17) is 32.7 Å². The van der Waals surface area contributed by atoms with Crippen LogP contribution in [-0.4, -0.2) is 48.6 Å². The van der Waals surface area contributed by atoms with Gasteiger partial charge in [-0.1, -0.05) is 38.3 Å². The number of thioether (sulfide) groups is 1. The molecule has 0 N–H and O–H groups in total. The van der Waals surface area contributed by atoms with Crippen molar-refractivity contribution in [1.82, 2.24) is 0 Å². The fraction of sp³-hybridized carbons (Fsp3) is 0.538. The Bertz CT molecular complexity index is 1030. The number of esters is 2. The molecule has 0 unspecified atom stereocenters. The maximum absolute atomic E-state index is 15.1. The predicted octanol–water partition coefficient (Wildman–Crippen LogP) is 6.23. The van der Waals surface area contributed by atoms with Crippen LogP contribution in [0.2, 0.25) is 5.02 Å². The average Bonchev–Trinajstić information content (AvgIpc) is 2.89. The summed E-state index contributed by atoms with van der Waals surface area (Å²) in [5.74, 6) is -4.37. The van der Waals surface area contributed by atoms with E-state index in [-0.39, 0.29) is 45.5 Å². The fourth-order valence-corrected chi connectivity index (χ4v) is 4.81. The zero-order chi connectivity index (χ0) is 27.4. The third-order valence-electron chi connectivity index (χ3n) is 5.62. The molecule has 37 heavy (non-hydrogen) atoms. The number of ether oxygens (including phenoxy) is 2. The zero-order valence-electron chi connectivity index (χ0n) is 21.1. The Morgan fingerprint density at radius 2 is 1.62 bits per heavy atom. The minimum atomic E-state index is -0.921. The largest absolute Gasteiger partial charge is 0.465 e. The molecule has 0 atom stereocenters. The zero-order valence-corrected chi connectivity index (χ0v) is 23.4. The molecule has 2 amide bonds. The second-order valence-corrected chi connectivity index (χ2v) is 10.1. The average molecular weight is 577 g/mol. The van der Waals surface area contributed by atoms with E-state index in [1.807, 2.05) is 13.8 Å². The van der Waals surface area contributed by atoms with Crippen LogP contribution in [0.25, 0.3) is 0 Å². The Kier molecular flexibility index (Phi) is 13.5. The fourth-order valence-electron chi connectivity index (χ4n) is 3.62. The molecule has 2 rings (SSSR count). The van der Waals surface area contributed by atoms with Gasteiger partial charge in [-0.25, -0.2) is 14.1 Å². The van der Waals surface area contributed by atoms with Crippen molar-refractivity contribution >= 4 is 64.4 Å². The van der Waals surface area contributed by atoms with Gasteiger partial charge >= 0.3 is 11.9 Å². The summed E-state index contributed by atoms with van der Waals surface area (Å²) in [5, 5.41) is 0.00963. The van der Waals surface area contributed by atoms with Gasteiger partial charge in [-0.2, -0.15) is 0 Å². The lowest BCUT2D eigenvalue weighted by Gasteiger charge is -2.26. The van der Waals surface area contributed by atoms with Gasteiger partial charge in [0.1, 0.15) is 11.7 Å². The molecule has 0 heterocycles. The normalized spacial score (nSPS) is 13.3. The van der Waals surface area contributed by atoms with Crippen LogP contribution in [0.1, 0.15) is 65.2 Å². The predicted molar refractivity (Wildman–Crippen MR) is 143 cm³/mol. The minimum Gasteiger partial charge on any atom is -0.465 e. The molecule has 0 bridgehead atoms. The first-order valence-corrected chi connectivity index (χ1v) is 14.2. The first kappa shape index (κ1) is 31.1. The van der Waals surface area contributed by atoms with Crippen LogP contribution in [-0.2, 0) is 28.7 Å². The molecule has 0 saturated carbocycles. The molecule has 204 valence electrons. The van der Waals surface area contributed by atoms with Crippen molar-refractivity contribution in [3.8, 4) is 0 Å². The highest BCUT2D eigenvalue weighted by Gasteiger charge is 2.33. The van der Waals surface area contributed by atoms with Gasteiger partial charge < -0.3 is 9.47 Å². The van der Waals surface area contributed by atoms with Gasteiger partial charge in [0.05, 0.1) is 29.7 Å². The van der Waals surface area contributed by atoms with E-state index in [1.54, 1.807) is 0 Å². The number of carbonyl (C=O) groups is 4. The van der Waals surface area contributed by atoms with E-state index < -0.39 is 35.5 Å². The standard InChI is InChI=1S/C26H32Cl2FNO6S/c1-3-5-11-35-24(32)16-37-22-14-21(20(29)13-19(22)28)30(23(31)15-27)25(33)17-9-7-8-10-18(17)26(34)36-12-6-4-2/h13-14H,3-12,15-16H2,1-2H3. The third-order valence-corrected chi connectivity index (χ3v) is 7.30. The second-order valence-electron chi connectivity index (χ2n) is 8.42. The van der Waals surface area contributed by atoms with E-state index in [0.717, 1.165) is 37.1 Å². The number of nitrogens with zero attached hydrogens (tertiary/aromatic N) is 1. The number of hydrogen-bond donors (Lipinski definition) is 0. The van der Waals surface area contributed by atoms with E-state index >= 15 is 4.39 Å². The van der Waals surface area contributed by atoms with Crippen molar-refractivity contribution in [1.29, 1.82) is 0 Å². The summed E-state index contributed by atoms with van der Waals surface area (Å²) >= 11 is 13.0.